The molecule has 0 aliphatic heterocycles. The molecule has 0 bridgehead atoms. The van der Waals surface area contributed by atoms with Crippen molar-refractivity contribution in [1.82, 2.24) is 9.97 Å². The Bertz CT molecular complexity index is 494. The van der Waals surface area contributed by atoms with Crippen LogP contribution in [0, 0.1) is 0 Å². The number of ketones is 1. The zero-order valence-corrected chi connectivity index (χ0v) is 9.05. The normalized spacial score (nSPS) is 10.1. The van der Waals surface area contributed by atoms with Crippen LogP contribution in [-0.2, 0) is 0 Å². The molecule has 0 saturated carbocycles. The van der Waals surface area contributed by atoms with Crippen molar-refractivity contribution in [3.63, 3.8) is 0 Å². The molecular weight excluding hydrogens is 200 g/mol. The summed E-state index contributed by atoms with van der Waals surface area (Å²) >= 11 is 0. The molecule has 3 heteroatoms. The molecule has 1 aromatic heterocycles. The van der Waals surface area contributed by atoms with Crippen molar-refractivity contribution in [2.45, 2.75) is 13.3 Å². The Hall–Kier alpha value is -2.03. The lowest BCUT2D eigenvalue weighted by Gasteiger charge is -2.02. The van der Waals surface area contributed by atoms with Gasteiger partial charge >= 0.3 is 0 Å². The standard InChI is InChI=1S/C13H12N2O/c1-2-13(16)11-5-3-4-10(8-11)12-9-14-6-7-15-12/h3-9H,2H2,1H3. The zero-order chi connectivity index (χ0) is 11.4. The van der Waals surface area contributed by atoms with Crippen LogP contribution in [0.1, 0.15) is 23.7 Å². The highest BCUT2D eigenvalue weighted by Crippen LogP contribution is 2.17. The molecule has 0 radical (unpaired) electrons. The summed E-state index contributed by atoms with van der Waals surface area (Å²) in [6.45, 7) is 1.86. The first-order valence-electron chi connectivity index (χ1n) is 5.21. The van der Waals surface area contributed by atoms with Crippen LogP contribution < -0.4 is 0 Å². The van der Waals surface area contributed by atoms with Crippen molar-refractivity contribution in [1.29, 1.82) is 0 Å². The maximum Gasteiger partial charge on any atom is 0.162 e. The minimum atomic E-state index is 0.144. The number of hydrogen-bond donors (Lipinski definition) is 0. The van der Waals surface area contributed by atoms with Crippen molar-refractivity contribution in [2.75, 3.05) is 0 Å². The topological polar surface area (TPSA) is 42.9 Å². The Kier molecular flexibility index (Phi) is 3.05. The van der Waals surface area contributed by atoms with Gasteiger partial charge in [-0.15, -0.1) is 0 Å². The third-order valence-electron chi connectivity index (χ3n) is 2.36. The Morgan fingerprint density at radius 3 is 2.88 bits per heavy atom. The molecule has 0 N–H and O–H groups in total. The number of hydrogen-bond acceptors (Lipinski definition) is 3. The number of Topliss-reactive ketones (excluding diaryl/α,β-unsaturated/α-hetero) is 1. The number of carbonyl (C=O) groups excluding carboxylic acids is 1. The smallest absolute Gasteiger partial charge is 0.162 e. The van der Waals surface area contributed by atoms with Crippen LogP contribution in [0.3, 0.4) is 0 Å². The van der Waals surface area contributed by atoms with E-state index < -0.39 is 0 Å². The van der Waals surface area contributed by atoms with Crippen molar-refractivity contribution in [3.05, 3.63) is 48.4 Å². The van der Waals surface area contributed by atoms with E-state index in [0.717, 1.165) is 16.8 Å². The van der Waals surface area contributed by atoms with E-state index in [2.05, 4.69) is 9.97 Å². The molecule has 1 heterocycles. The number of rotatable bonds is 3. The maximum atomic E-state index is 11.6. The first kappa shape index (κ1) is 10.5. The summed E-state index contributed by atoms with van der Waals surface area (Å²) in [7, 11) is 0. The Balaban J connectivity index is 2.40. The van der Waals surface area contributed by atoms with Crippen molar-refractivity contribution < 1.29 is 4.79 Å². The van der Waals surface area contributed by atoms with Gasteiger partial charge in [-0.2, -0.15) is 0 Å². The van der Waals surface area contributed by atoms with Gasteiger partial charge in [0.25, 0.3) is 0 Å². The molecule has 0 atom stereocenters. The molecule has 1 aromatic carbocycles. The third-order valence-corrected chi connectivity index (χ3v) is 2.36. The lowest BCUT2D eigenvalue weighted by atomic mass is 10.0. The molecule has 80 valence electrons. The summed E-state index contributed by atoms with van der Waals surface area (Å²) in [5.74, 6) is 0.144. The average Bonchev–Trinajstić information content (AvgIpc) is 2.39. The van der Waals surface area contributed by atoms with Gasteiger partial charge in [-0.3, -0.25) is 14.8 Å². The van der Waals surface area contributed by atoms with E-state index in [9.17, 15) is 4.79 Å². The molecule has 2 aromatic rings. The van der Waals surface area contributed by atoms with Gasteiger partial charge < -0.3 is 0 Å². The molecule has 0 saturated heterocycles. The van der Waals surface area contributed by atoms with Crippen LogP contribution in [0.5, 0.6) is 0 Å². The molecule has 16 heavy (non-hydrogen) atoms. The minimum Gasteiger partial charge on any atom is -0.294 e. The summed E-state index contributed by atoms with van der Waals surface area (Å²) < 4.78 is 0. The van der Waals surface area contributed by atoms with Crippen LogP contribution in [-0.4, -0.2) is 15.8 Å². The average molecular weight is 212 g/mol. The van der Waals surface area contributed by atoms with Gasteiger partial charge in [-0.25, -0.2) is 0 Å². The Morgan fingerprint density at radius 1 is 1.31 bits per heavy atom. The van der Waals surface area contributed by atoms with E-state index in [-0.39, 0.29) is 5.78 Å². The summed E-state index contributed by atoms with van der Waals surface area (Å²) in [6.07, 6.45) is 5.48. The van der Waals surface area contributed by atoms with E-state index in [0.29, 0.717) is 6.42 Å². The van der Waals surface area contributed by atoms with Gasteiger partial charge in [0.2, 0.25) is 0 Å². The molecule has 0 aliphatic carbocycles. The van der Waals surface area contributed by atoms with Gasteiger partial charge in [0.15, 0.2) is 5.78 Å². The summed E-state index contributed by atoms with van der Waals surface area (Å²) in [4.78, 5) is 19.8. The van der Waals surface area contributed by atoms with Crippen LogP contribution in [0.15, 0.2) is 42.9 Å². The second-order valence-electron chi connectivity index (χ2n) is 3.45. The minimum absolute atomic E-state index is 0.144. The molecular formula is C13H12N2O. The highest BCUT2D eigenvalue weighted by atomic mass is 16.1. The van der Waals surface area contributed by atoms with E-state index in [1.165, 1.54) is 0 Å². The first-order valence-corrected chi connectivity index (χ1v) is 5.21. The second kappa shape index (κ2) is 4.66. The van der Waals surface area contributed by atoms with Crippen molar-refractivity contribution in [3.8, 4) is 11.3 Å². The molecule has 2 rings (SSSR count). The van der Waals surface area contributed by atoms with E-state index >= 15 is 0 Å². The molecule has 0 fully saturated rings. The van der Waals surface area contributed by atoms with Crippen molar-refractivity contribution >= 4 is 5.78 Å². The van der Waals surface area contributed by atoms with Crippen LogP contribution >= 0.6 is 0 Å². The lowest BCUT2D eigenvalue weighted by molar-refractivity contribution is 0.0988. The molecule has 0 unspecified atom stereocenters. The predicted molar refractivity (Wildman–Crippen MR) is 62.1 cm³/mol. The van der Waals surface area contributed by atoms with Gasteiger partial charge in [-0.05, 0) is 6.07 Å². The number of carbonyl (C=O) groups is 1. The zero-order valence-electron chi connectivity index (χ0n) is 9.05. The van der Waals surface area contributed by atoms with E-state index in [1.54, 1.807) is 18.6 Å². The molecule has 0 spiro atoms. The molecule has 3 nitrogen and oxygen atoms in total. The number of nitrogens with zero attached hydrogens (tertiary/aromatic N) is 2. The monoisotopic (exact) mass is 212 g/mol. The van der Waals surface area contributed by atoms with Crippen molar-refractivity contribution in [2.24, 2.45) is 0 Å². The van der Waals surface area contributed by atoms with Crippen LogP contribution in [0.4, 0.5) is 0 Å². The lowest BCUT2D eigenvalue weighted by Crippen LogP contribution is -1.96. The van der Waals surface area contributed by atoms with Crippen LogP contribution in [0.25, 0.3) is 11.3 Å². The number of aromatic nitrogens is 2. The summed E-state index contributed by atoms with van der Waals surface area (Å²) in [5, 5.41) is 0. The quantitative estimate of drug-likeness (QED) is 0.735. The fourth-order valence-electron chi connectivity index (χ4n) is 1.50. The predicted octanol–water partition coefficient (Wildman–Crippen LogP) is 2.74. The SMILES string of the molecule is CCC(=O)c1cccc(-c2cnccn2)c1. The molecule has 0 aliphatic rings. The van der Waals surface area contributed by atoms with Gasteiger partial charge in [0.1, 0.15) is 0 Å². The number of benzene rings is 1. The van der Waals surface area contributed by atoms with Gasteiger partial charge in [-0.1, -0.05) is 25.1 Å². The highest BCUT2D eigenvalue weighted by molar-refractivity contribution is 5.96. The van der Waals surface area contributed by atoms with E-state index in [4.69, 9.17) is 0 Å². The van der Waals surface area contributed by atoms with Crippen LogP contribution in [0.2, 0.25) is 0 Å². The largest absolute Gasteiger partial charge is 0.294 e. The summed E-state index contributed by atoms with van der Waals surface area (Å²) in [5.41, 5.74) is 2.44. The highest BCUT2D eigenvalue weighted by Gasteiger charge is 2.05. The second-order valence-corrected chi connectivity index (χ2v) is 3.45. The Morgan fingerprint density at radius 2 is 2.19 bits per heavy atom. The fraction of sp³-hybridized carbons (Fsp3) is 0.154. The molecule has 0 amide bonds. The third kappa shape index (κ3) is 2.14. The van der Waals surface area contributed by atoms with E-state index in [1.807, 2.05) is 31.2 Å². The maximum absolute atomic E-state index is 11.6. The fourth-order valence-corrected chi connectivity index (χ4v) is 1.50. The van der Waals surface area contributed by atoms with Gasteiger partial charge in [0, 0.05) is 29.9 Å². The Labute approximate surface area is 94.2 Å². The first-order chi connectivity index (χ1) is 7.81. The van der Waals surface area contributed by atoms with Gasteiger partial charge in [0.05, 0.1) is 11.9 Å². The summed E-state index contributed by atoms with van der Waals surface area (Å²) in [6, 6.07) is 7.48.